The zero-order valence-electron chi connectivity index (χ0n) is 25.2. The van der Waals surface area contributed by atoms with Gasteiger partial charge in [-0.3, -0.25) is 19.2 Å². The number of ether oxygens (including phenoxy) is 2. The maximum atomic E-state index is 14.0. The topological polar surface area (TPSA) is 147 Å². The summed E-state index contributed by atoms with van der Waals surface area (Å²) in [6, 6.07) is 0. The van der Waals surface area contributed by atoms with E-state index in [1.54, 1.807) is 20.8 Å². The van der Waals surface area contributed by atoms with Crippen molar-refractivity contribution in [1.29, 1.82) is 0 Å². The quantitative estimate of drug-likeness (QED) is 0.250. The summed E-state index contributed by atoms with van der Waals surface area (Å²) in [4.78, 5) is 52.9. The molecule has 0 bridgehead atoms. The molecule has 0 aliphatic heterocycles. The van der Waals surface area contributed by atoms with Crippen molar-refractivity contribution in [2.75, 3.05) is 6.61 Å². The lowest BCUT2D eigenvalue weighted by atomic mass is 9.58. The van der Waals surface area contributed by atoms with E-state index in [4.69, 9.17) is 9.47 Å². The molecule has 9 nitrogen and oxygen atoms in total. The van der Waals surface area contributed by atoms with Crippen LogP contribution in [0.5, 0.6) is 0 Å². The highest BCUT2D eigenvalue weighted by Crippen LogP contribution is 2.77. The number of aliphatic hydroxyl groups excluding tert-OH is 1. The maximum absolute atomic E-state index is 14.0. The molecule has 2 saturated carbocycles. The molecule has 41 heavy (non-hydrogen) atoms. The van der Waals surface area contributed by atoms with Crippen LogP contribution in [0.25, 0.3) is 0 Å². The molecule has 0 aromatic carbocycles. The largest absolute Gasteiger partial charge is 0.458 e. The molecule has 8 atom stereocenters. The van der Waals surface area contributed by atoms with Crippen LogP contribution in [-0.2, 0) is 28.7 Å². The Kier molecular flexibility index (Phi) is 8.51. The van der Waals surface area contributed by atoms with Gasteiger partial charge in [-0.15, -0.1) is 0 Å². The second-order valence-electron chi connectivity index (χ2n) is 13.2. The van der Waals surface area contributed by atoms with Gasteiger partial charge in [0.2, 0.25) is 0 Å². The number of Topliss-reactive ketones (excluding diaryl/α,β-unsaturated/α-hetero) is 2. The zero-order valence-corrected chi connectivity index (χ0v) is 25.2. The summed E-state index contributed by atoms with van der Waals surface area (Å²) in [7, 11) is 0. The molecule has 3 N–H and O–H groups in total. The Labute approximate surface area is 242 Å². The highest BCUT2D eigenvalue weighted by Gasteiger charge is 2.89. The molecule has 0 unspecified atom stereocenters. The van der Waals surface area contributed by atoms with Crippen LogP contribution in [0.2, 0.25) is 0 Å². The van der Waals surface area contributed by atoms with E-state index in [1.807, 2.05) is 0 Å². The summed E-state index contributed by atoms with van der Waals surface area (Å²) in [6.07, 6.45) is 8.70. The van der Waals surface area contributed by atoms with Gasteiger partial charge in [0.05, 0.1) is 18.1 Å². The van der Waals surface area contributed by atoms with Gasteiger partial charge in [-0.25, -0.2) is 0 Å². The number of unbranched alkanes of at least 4 members (excludes halogenated alkanes) is 6. The molecule has 0 heterocycles. The monoisotopic (exact) mass is 574 g/mol. The first-order valence-electron chi connectivity index (χ1n) is 15.1. The van der Waals surface area contributed by atoms with E-state index in [2.05, 4.69) is 6.92 Å². The molecular weight excluding hydrogens is 528 g/mol. The summed E-state index contributed by atoms with van der Waals surface area (Å²) in [6.45, 7) is 9.39. The fourth-order valence-corrected chi connectivity index (χ4v) is 8.33. The summed E-state index contributed by atoms with van der Waals surface area (Å²) < 4.78 is 12.0. The molecular formula is C32H46O9. The van der Waals surface area contributed by atoms with Crippen LogP contribution in [0.3, 0.4) is 0 Å². The number of esters is 2. The number of carbonyl (C=O) groups is 4. The Morgan fingerprint density at radius 3 is 2.22 bits per heavy atom. The van der Waals surface area contributed by atoms with E-state index in [9.17, 15) is 34.5 Å². The van der Waals surface area contributed by atoms with Crippen molar-refractivity contribution in [2.24, 2.45) is 29.1 Å². The number of aliphatic hydroxyl groups is 3. The minimum atomic E-state index is -2.26. The predicted octanol–water partition coefficient (Wildman–Crippen LogP) is 3.37. The van der Waals surface area contributed by atoms with Crippen LogP contribution >= 0.6 is 0 Å². The molecule has 0 radical (unpaired) electrons. The van der Waals surface area contributed by atoms with Crippen LogP contribution in [0, 0.1) is 29.1 Å². The minimum Gasteiger partial charge on any atom is -0.458 e. The van der Waals surface area contributed by atoms with Crippen LogP contribution in [0.4, 0.5) is 0 Å². The molecule has 9 heteroatoms. The molecule has 0 aromatic heterocycles. The van der Waals surface area contributed by atoms with E-state index < -0.39 is 82.1 Å². The van der Waals surface area contributed by atoms with Gasteiger partial charge < -0.3 is 24.8 Å². The smallest absolute Gasteiger partial charge is 0.306 e. The number of hydrogen-bond acceptors (Lipinski definition) is 9. The van der Waals surface area contributed by atoms with E-state index in [-0.39, 0.29) is 17.6 Å². The van der Waals surface area contributed by atoms with Crippen molar-refractivity contribution in [3.8, 4) is 0 Å². The second kappa shape index (κ2) is 11.0. The molecule has 0 amide bonds. The Morgan fingerprint density at radius 2 is 1.63 bits per heavy atom. The third kappa shape index (κ3) is 4.63. The summed E-state index contributed by atoms with van der Waals surface area (Å²) >= 11 is 0. The lowest BCUT2D eigenvalue weighted by Gasteiger charge is -2.52. The first-order valence-corrected chi connectivity index (χ1v) is 15.1. The van der Waals surface area contributed by atoms with Gasteiger partial charge in [-0.1, -0.05) is 72.3 Å². The molecule has 0 saturated heterocycles. The predicted molar refractivity (Wildman–Crippen MR) is 149 cm³/mol. The molecule has 4 aliphatic rings. The average molecular weight is 575 g/mol. The number of ketones is 2. The number of rotatable bonds is 11. The summed E-state index contributed by atoms with van der Waals surface area (Å²) in [5, 5.41) is 34.5. The number of fused-ring (bicyclic) bond motifs is 5. The van der Waals surface area contributed by atoms with Crippen molar-refractivity contribution < 1.29 is 44.0 Å². The fourth-order valence-electron chi connectivity index (χ4n) is 8.33. The maximum Gasteiger partial charge on any atom is 0.306 e. The molecule has 228 valence electrons. The van der Waals surface area contributed by atoms with Crippen LogP contribution in [0.15, 0.2) is 23.3 Å². The van der Waals surface area contributed by atoms with Crippen molar-refractivity contribution in [3.63, 3.8) is 0 Å². The molecule has 0 spiro atoms. The Bertz CT molecular complexity index is 1170. The first-order chi connectivity index (χ1) is 19.2. The highest BCUT2D eigenvalue weighted by molar-refractivity contribution is 6.09. The molecule has 0 aromatic rings. The molecule has 4 rings (SSSR count). The Hall–Kier alpha value is -2.36. The lowest BCUT2D eigenvalue weighted by Crippen LogP contribution is -2.67. The van der Waals surface area contributed by atoms with E-state index >= 15 is 0 Å². The molecule has 4 aliphatic carbocycles. The fraction of sp³-hybridized carbons (Fsp3) is 0.750. The van der Waals surface area contributed by atoms with Gasteiger partial charge in [0.25, 0.3) is 0 Å². The van der Waals surface area contributed by atoms with Gasteiger partial charge in [-0.05, 0) is 25.0 Å². The lowest BCUT2D eigenvalue weighted by molar-refractivity contribution is -0.229. The minimum absolute atomic E-state index is 0.153. The third-order valence-electron chi connectivity index (χ3n) is 10.4. The summed E-state index contributed by atoms with van der Waals surface area (Å²) in [5.74, 6) is -6.71. The van der Waals surface area contributed by atoms with Crippen LogP contribution in [-0.4, -0.2) is 68.3 Å². The summed E-state index contributed by atoms with van der Waals surface area (Å²) in [5.41, 5.74) is -6.60. The van der Waals surface area contributed by atoms with E-state index in [1.165, 1.54) is 26.3 Å². The van der Waals surface area contributed by atoms with E-state index in [0.29, 0.717) is 6.42 Å². The standard InChI is InChI=1S/C32H46O9/c1-7-8-9-10-11-12-13-14-23(35)40-28-19(3)31(39)22-15-18(2)27(37)30(22,38)16-21(17-33)25(36)24(31)26-29(5,6)32(26,28)41-20(4)34/h15-16,19,22,24,26,28,33,38-39H,7-14,17H2,1-6H3/t19-,22-,24+,26-,28-,30-,31+,32-/m1/s1. The average Bonchev–Trinajstić information content (AvgIpc) is 3.30. The van der Waals surface area contributed by atoms with Gasteiger partial charge >= 0.3 is 11.9 Å². The van der Waals surface area contributed by atoms with Crippen molar-refractivity contribution in [2.45, 2.75) is 116 Å². The van der Waals surface area contributed by atoms with Crippen molar-refractivity contribution >= 4 is 23.5 Å². The second-order valence-corrected chi connectivity index (χ2v) is 13.2. The van der Waals surface area contributed by atoms with Gasteiger partial charge in [0.15, 0.2) is 22.8 Å². The normalized spacial score (nSPS) is 38.6. The Morgan fingerprint density at radius 1 is 1.02 bits per heavy atom. The van der Waals surface area contributed by atoms with Crippen LogP contribution in [0.1, 0.15) is 92.9 Å². The third-order valence-corrected chi connectivity index (χ3v) is 10.4. The number of hydrogen-bond donors (Lipinski definition) is 3. The van der Waals surface area contributed by atoms with Crippen molar-refractivity contribution in [3.05, 3.63) is 23.3 Å². The Balaban J connectivity index is 1.72. The highest BCUT2D eigenvalue weighted by atomic mass is 16.6. The SMILES string of the molecule is CCCCCCCCCC(=O)O[C@@H]1[C@@H](C)[C@@]2(O)[C@@H](C(=O)C(CO)=C[C@]3(O)C(=O)C(C)=C[C@@H]23)[C@@H]2C(C)(C)[C@]12OC(C)=O. The van der Waals surface area contributed by atoms with Gasteiger partial charge in [0, 0.05) is 42.1 Å². The molecule has 2 fully saturated rings. The first kappa shape index (κ1) is 31.6. The van der Waals surface area contributed by atoms with Gasteiger partial charge in [-0.2, -0.15) is 0 Å². The van der Waals surface area contributed by atoms with Crippen molar-refractivity contribution in [1.82, 2.24) is 0 Å². The number of carbonyl (C=O) groups excluding carboxylic acids is 4. The van der Waals surface area contributed by atoms with Gasteiger partial charge in [0.1, 0.15) is 6.10 Å². The van der Waals surface area contributed by atoms with Crippen LogP contribution < -0.4 is 0 Å². The van der Waals surface area contributed by atoms with E-state index in [0.717, 1.165) is 38.2 Å². The zero-order chi connectivity index (χ0) is 30.5.